The summed E-state index contributed by atoms with van der Waals surface area (Å²) < 4.78 is 10.6. The van der Waals surface area contributed by atoms with E-state index >= 15 is 0 Å². The van der Waals surface area contributed by atoms with Gasteiger partial charge in [0.1, 0.15) is 0 Å². The van der Waals surface area contributed by atoms with Gasteiger partial charge in [-0.1, -0.05) is 25.1 Å². The van der Waals surface area contributed by atoms with Crippen LogP contribution < -0.4 is 20.1 Å². The molecule has 0 saturated carbocycles. The van der Waals surface area contributed by atoms with E-state index in [2.05, 4.69) is 15.6 Å². The van der Waals surface area contributed by atoms with Crippen molar-refractivity contribution < 1.29 is 19.1 Å². The fourth-order valence-corrected chi connectivity index (χ4v) is 3.01. The smallest absolute Gasteiger partial charge is 0.257 e. The van der Waals surface area contributed by atoms with E-state index in [1.165, 1.54) is 18.5 Å². The summed E-state index contributed by atoms with van der Waals surface area (Å²) in [5.74, 6) is 0.510. The number of para-hydroxylation sites is 1. The van der Waals surface area contributed by atoms with Gasteiger partial charge in [0.15, 0.2) is 11.5 Å². The van der Waals surface area contributed by atoms with Gasteiger partial charge in [0, 0.05) is 29.8 Å². The first-order chi connectivity index (χ1) is 14.1. The first-order valence-corrected chi connectivity index (χ1v) is 9.19. The van der Waals surface area contributed by atoms with Crippen molar-refractivity contribution in [3.05, 3.63) is 77.6 Å². The Bertz CT molecular complexity index is 1080. The van der Waals surface area contributed by atoms with Crippen LogP contribution in [0.3, 0.4) is 0 Å². The van der Waals surface area contributed by atoms with Crippen LogP contribution in [0.15, 0.2) is 60.9 Å². The quantitative estimate of drug-likeness (QED) is 0.691. The van der Waals surface area contributed by atoms with Gasteiger partial charge < -0.3 is 20.1 Å². The summed E-state index contributed by atoms with van der Waals surface area (Å²) in [6.45, 7) is 2.18. The summed E-state index contributed by atoms with van der Waals surface area (Å²) in [6.07, 6.45) is 3.65. The molecule has 3 aromatic rings. The number of rotatable bonds is 5. The number of carbonyl (C=O) groups excluding carboxylic acids is 2. The minimum absolute atomic E-state index is 0.162. The topological polar surface area (TPSA) is 89.6 Å². The monoisotopic (exact) mass is 389 g/mol. The Hall–Kier alpha value is -3.87. The van der Waals surface area contributed by atoms with Crippen LogP contribution in [-0.4, -0.2) is 23.6 Å². The molecule has 146 valence electrons. The van der Waals surface area contributed by atoms with Crippen LogP contribution in [0.4, 0.5) is 11.4 Å². The van der Waals surface area contributed by atoms with Gasteiger partial charge in [0.2, 0.25) is 6.79 Å². The lowest BCUT2D eigenvalue weighted by Gasteiger charge is -2.10. The molecule has 4 rings (SSSR count). The number of fused-ring (bicyclic) bond motifs is 1. The predicted molar refractivity (Wildman–Crippen MR) is 109 cm³/mol. The molecule has 1 aromatic heterocycles. The van der Waals surface area contributed by atoms with Crippen molar-refractivity contribution in [2.45, 2.75) is 13.3 Å². The van der Waals surface area contributed by atoms with Crippen molar-refractivity contribution in [1.82, 2.24) is 4.98 Å². The number of aryl methyl sites for hydroxylation is 1. The maximum Gasteiger partial charge on any atom is 0.257 e. The third-order valence-electron chi connectivity index (χ3n) is 4.54. The van der Waals surface area contributed by atoms with Crippen LogP contribution in [0.2, 0.25) is 0 Å². The zero-order chi connectivity index (χ0) is 20.2. The van der Waals surface area contributed by atoms with Gasteiger partial charge in [-0.2, -0.15) is 0 Å². The summed E-state index contributed by atoms with van der Waals surface area (Å²) in [7, 11) is 0. The van der Waals surface area contributed by atoms with Gasteiger partial charge in [-0.25, -0.2) is 0 Å². The molecular weight excluding hydrogens is 370 g/mol. The maximum absolute atomic E-state index is 12.6. The Morgan fingerprint density at radius 3 is 2.45 bits per heavy atom. The molecule has 2 N–H and O–H groups in total. The second-order valence-corrected chi connectivity index (χ2v) is 6.45. The number of aromatic nitrogens is 1. The van der Waals surface area contributed by atoms with Crippen LogP contribution >= 0.6 is 0 Å². The van der Waals surface area contributed by atoms with Crippen LogP contribution in [-0.2, 0) is 6.42 Å². The molecule has 0 atom stereocenters. The lowest BCUT2D eigenvalue weighted by molar-refractivity contribution is 0.102. The van der Waals surface area contributed by atoms with Crippen LogP contribution in [0.25, 0.3) is 0 Å². The fourth-order valence-electron chi connectivity index (χ4n) is 3.01. The molecular formula is C22H19N3O4. The van der Waals surface area contributed by atoms with Crippen molar-refractivity contribution in [3.63, 3.8) is 0 Å². The van der Waals surface area contributed by atoms with Gasteiger partial charge in [-0.05, 0) is 36.2 Å². The highest BCUT2D eigenvalue weighted by molar-refractivity contribution is 6.08. The number of hydrogen-bond acceptors (Lipinski definition) is 5. The first kappa shape index (κ1) is 18.5. The fraction of sp³-hybridized carbons (Fsp3) is 0.136. The zero-order valence-corrected chi connectivity index (χ0v) is 15.8. The third kappa shape index (κ3) is 4.03. The number of nitrogens with zero attached hydrogens (tertiary/aromatic N) is 1. The number of anilines is 2. The molecule has 0 saturated heterocycles. The molecule has 7 nitrogen and oxygen atoms in total. The summed E-state index contributed by atoms with van der Waals surface area (Å²) in [5, 5.41) is 5.66. The third-order valence-corrected chi connectivity index (χ3v) is 4.54. The van der Waals surface area contributed by atoms with Gasteiger partial charge >= 0.3 is 0 Å². The minimum Gasteiger partial charge on any atom is -0.454 e. The molecule has 0 fully saturated rings. The standard InChI is InChI=1S/C22H19N3O4/c1-2-14-5-3-4-6-18(14)25-22(27)16-9-15(11-23-12-16)21(26)24-17-7-8-19-20(10-17)29-13-28-19/h3-12H,2,13H2,1H3,(H,24,26)(H,25,27). The summed E-state index contributed by atoms with van der Waals surface area (Å²) >= 11 is 0. The van der Waals surface area contributed by atoms with Crippen LogP contribution in [0.5, 0.6) is 11.5 Å². The number of pyridine rings is 1. The summed E-state index contributed by atoms with van der Waals surface area (Å²) in [6, 6.07) is 14.2. The van der Waals surface area contributed by atoms with Gasteiger partial charge in [0.05, 0.1) is 11.1 Å². The molecule has 0 bridgehead atoms. The lowest BCUT2D eigenvalue weighted by atomic mass is 10.1. The minimum atomic E-state index is -0.375. The second kappa shape index (κ2) is 8.02. The van der Waals surface area contributed by atoms with Crippen molar-refractivity contribution in [2.24, 2.45) is 0 Å². The molecule has 2 amide bonds. The molecule has 2 heterocycles. The molecule has 0 unspecified atom stereocenters. The van der Waals surface area contributed by atoms with E-state index in [9.17, 15) is 9.59 Å². The van der Waals surface area contributed by atoms with Crippen molar-refractivity contribution in [2.75, 3.05) is 17.4 Å². The molecule has 1 aliphatic rings. The second-order valence-electron chi connectivity index (χ2n) is 6.45. The highest BCUT2D eigenvalue weighted by Crippen LogP contribution is 2.34. The molecule has 1 aliphatic heterocycles. The van der Waals surface area contributed by atoms with Gasteiger partial charge in [-0.15, -0.1) is 0 Å². The lowest BCUT2D eigenvalue weighted by Crippen LogP contribution is -2.16. The zero-order valence-electron chi connectivity index (χ0n) is 15.8. The van der Waals surface area contributed by atoms with E-state index in [1.54, 1.807) is 18.2 Å². The number of hydrogen-bond donors (Lipinski definition) is 2. The molecule has 2 aromatic carbocycles. The molecule has 0 spiro atoms. The van der Waals surface area contributed by atoms with E-state index in [4.69, 9.17) is 9.47 Å². The number of nitrogens with one attached hydrogen (secondary N) is 2. The van der Waals surface area contributed by atoms with E-state index in [-0.39, 0.29) is 24.2 Å². The SMILES string of the molecule is CCc1ccccc1NC(=O)c1cncc(C(=O)Nc2ccc3c(c2)OCO3)c1. The highest BCUT2D eigenvalue weighted by Gasteiger charge is 2.16. The number of ether oxygens (including phenoxy) is 2. The average Bonchev–Trinajstić information content (AvgIpc) is 3.22. The number of carbonyl (C=O) groups is 2. The number of benzene rings is 2. The molecule has 0 radical (unpaired) electrons. The Kier molecular flexibility index (Phi) is 5.11. The molecule has 0 aliphatic carbocycles. The largest absolute Gasteiger partial charge is 0.454 e. The number of amides is 2. The van der Waals surface area contributed by atoms with Crippen LogP contribution in [0.1, 0.15) is 33.2 Å². The van der Waals surface area contributed by atoms with Gasteiger partial charge in [0.25, 0.3) is 11.8 Å². The highest BCUT2D eigenvalue weighted by atomic mass is 16.7. The van der Waals surface area contributed by atoms with Crippen LogP contribution in [0, 0.1) is 0 Å². The average molecular weight is 389 g/mol. The Labute approximate surface area is 167 Å². The van der Waals surface area contributed by atoms with Gasteiger partial charge in [-0.3, -0.25) is 14.6 Å². The summed E-state index contributed by atoms with van der Waals surface area (Å²) in [4.78, 5) is 29.3. The first-order valence-electron chi connectivity index (χ1n) is 9.19. The normalized spacial score (nSPS) is 11.8. The Balaban J connectivity index is 1.49. The molecule has 7 heteroatoms. The van der Waals surface area contributed by atoms with E-state index < -0.39 is 0 Å². The Morgan fingerprint density at radius 2 is 1.66 bits per heavy atom. The predicted octanol–water partition coefficient (Wildman–Crippen LogP) is 3.88. The summed E-state index contributed by atoms with van der Waals surface area (Å²) in [5.41, 5.74) is 2.92. The molecule has 29 heavy (non-hydrogen) atoms. The van der Waals surface area contributed by atoms with Crippen molar-refractivity contribution in [1.29, 1.82) is 0 Å². The van der Waals surface area contributed by atoms with E-state index in [0.29, 0.717) is 22.7 Å². The van der Waals surface area contributed by atoms with Crippen molar-refractivity contribution >= 4 is 23.2 Å². The van der Waals surface area contributed by atoms with E-state index in [0.717, 1.165) is 17.7 Å². The van der Waals surface area contributed by atoms with Crippen molar-refractivity contribution in [3.8, 4) is 11.5 Å². The van der Waals surface area contributed by atoms with E-state index in [1.807, 2.05) is 31.2 Å². The maximum atomic E-state index is 12.6. The Morgan fingerprint density at radius 1 is 0.931 bits per heavy atom.